The first-order chi connectivity index (χ1) is 16.0. The van der Waals surface area contributed by atoms with Gasteiger partial charge < -0.3 is 9.47 Å². The quantitative estimate of drug-likeness (QED) is 0.257. The highest BCUT2D eigenvalue weighted by Crippen LogP contribution is 2.41. The van der Waals surface area contributed by atoms with Crippen LogP contribution in [0, 0.1) is 0 Å². The smallest absolute Gasteiger partial charge is 0.305 e. The van der Waals surface area contributed by atoms with Gasteiger partial charge in [-0.25, -0.2) is 16.8 Å². The summed E-state index contributed by atoms with van der Waals surface area (Å²) in [5, 5.41) is 0. The molecule has 0 spiro atoms. The Bertz CT molecular complexity index is 1160. The van der Waals surface area contributed by atoms with Crippen molar-refractivity contribution in [2.75, 3.05) is 0 Å². The van der Waals surface area contributed by atoms with Gasteiger partial charge in [-0.1, -0.05) is 48.6 Å². The van der Waals surface area contributed by atoms with Crippen LogP contribution in [0.4, 0.5) is 0 Å². The molecule has 34 heavy (non-hydrogen) atoms. The molecule has 10 heteroatoms. The molecule has 182 valence electrons. The van der Waals surface area contributed by atoms with Crippen LogP contribution in [0.1, 0.15) is 26.7 Å². The first-order valence-electron chi connectivity index (χ1n) is 10.2. The summed E-state index contributed by atoms with van der Waals surface area (Å²) in [5.41, 5.74) is 0. The zero-order valence-corrected chi connectivity index (χ0v) is 20.4. The zero-order valence-electron chi connectivity index (χ0n) is 18.8. The minimum Gasteiger partial charge on any atom is -0.421 e. The van der Waals surface area contributed by atoms with Crippen LogP contribution in [0.3, 0.4) is 0 Å². The predicted molar refractivity (Wildman–Crippen MR) is 126 cm³/mol. The van der Waals surface area contributed by atoms with Gasteiger partial charge in [0.2, 0.25) is 0 Å². The van der Waals surface area contributed by atoms with Gasteiger partial charge in [0.05, 0.1) is 9.79 Å². The number of hydrogen-bond acceptors (Lipinski definition) is 8. The van der Waals surface area contributed by atoms with E-state index in [0.29, 0.717) is 0 Å². The van der Waals surface area contributed by atoms with E-state index in [-0.39, 0.29) is 9.79 Å². The second-order valence-electron chi connectivity index (χ2n) is 7.26. The lowest BCUT2D eigenvalue weighted by atomic mass is 10.2. The lowest BCUT2D eigenvalue weighted by Gasteiger charge is -2.31. The molecule has 0 aliphatic heterocycles. The molecule has 0 heterocycles. The van der Waals surface area contributed by atoms with Crippen LogP contribution in [0.5, 0.6) is 0 Å². The number of carbonyl (C=O) groups excluding carboxylic acids is 2. The predicted octanol–water partition coefficient (Wildman–Crippen LogP) is 3.61. The third-order valence-electron chi connectivity index (χ3n) is 4.83. The molecule has 8 nitrogen and oxygen atoms in total. The van der Waals surface area contributed by atoms with Crippen molar-refractivity contribution in [3.63, 3.8) is 0 Å². The van der Waals surface area contributed by atoms with E-state index in [1.807, 2.05) is 0 Å². The molecule has 0 radical (unpaired) electrons. The first-order valence-corrected chi connectivity index (χ1v) is 13.2. The minimum absolute atomic E-state index is 0.179. The van der Waals surface area contributed by atoms with E-state index < -0.39 is 54.8 Å². The molecule has 0 bridgehead atoms. The summed E-state index contributed by atoms with van der Waals surface area (Å²) in [7, 11) is -9.00. The monoisotopic (exact) mass is 506 g/mol. The van der Waals surface area contributed by atoms with E-state index in [2.05, 4.69) is 6.58 Å². The van der Waals surface area contributed by atoms with Crippen molar-refractivity contribution in [1.29, 1.82) is 0 Å². The standard InChI is InChI=1S/C24H26O8S2/c1-4-17-24(33(27,28)21-12-7-5-8-13-21,34(29,30)22-14-9-6-10-15-22)18-11-16-23(31-19(2)25)32-20(3)26/h4-16,23H,1,17-18H2,2-3H3/b16-11+. The highest BCUT2D eigenvalue weighted by Gasteiger charge is 2.54. The van der Waals surface area contributed by atoms with E-state index in [1.165, 1.54) is 60.7 Å². The lowest BCUT2D eigenvalue weighted by Crippen LogP contribution is -2.46. The number of ether oxygens (including phenoxy) is 2. The minimum atomic E-state index is -4.50. The van der Waals surface area contributed by atoms with E-state index >= 15 is 0 Å². The summed E-state index contributed by atoms with van der Waals surface area (Å²) in [4.78, 5) is 22.3. The molecule has 0 unspecified atom stereocenters. The molecule has 0 saturated carbocycles. The maximum absolute atomic E-state index is 13.9. The Morgan fingerprint density at radius 1 is 0.824 bits per heavy atom. The van der Waals surface area contributed by atoms with Gasteiger partial charge in [0.15, 0.2) is 23.8 Å². The van der Waals surface area contributed by atoms with E-state index in [1.54, 1.807) is 12.1 Å². The molecule has 0 aromatic heterocycles. The molecule has 0 atom stereocenters. The van der Waals surface area contributed by atoms with Crippen molar-refractivity contribution in [2.45, 2.75) is 46.8 Å². The zero-order chi connectivity index (χ0) is 25.4. The molecule has 2 aromatic carbocycles. The van der Waals surface area contributed by atoms with Crippen LogP contribution in [0.25, 0.3) is 0 Å². The topological polar surface area (TPSA) is 121 Å². The van der Waals surface area contributed by atoms with Crippen LogP contribution in [-0.4, -0.2) is 39.1 Å². The summed E-state index contributed by atoms with van der Waals surface area (Å²) in [6, 6.07) is 14.5. The Morgan fingerprint density at radius 3 is 1.59 bits per heavy atom. The van der Waals surface area contributed by atoms with Crippen molar-refractivity contribution >= 4 is 31.6 Å². The molecule has 0 saturated heterocycles. The maximum atomic E-state index is 13.9. The first kappa shape index (κ1) is 27.0. The summed E-state index contributed by atoms with van der Waals surface area (Å²) >= 11 is 0. The van der Waals surface area contributed by atoms with Crippen molar-refractivity contribution in [2.24, 2.45) is 0 Å². The van der Waals surface area contributed by atoms with Crippen molar-refractivity contribution in [3.05, 3.63) is 85.5 Å². The van der Waals surface area contributed by atoms with Gasteiger partial charge >= 0.3 is 11.9 Å². The molecule has 0 aliphatic carbocycles. The number of rotatable bonds is 11. The fourth-order valence-corrected chi connectivity index (χ4v) is 8.23. The SMILES string of the molecule is C=CCC(C/C=C/C(OC(C)=O)OC(C)=O)(S(=O)(=O)c1ccccc1)S(=O)(=O)c1ccccc1. The number of sulfone groups is 2. The van der Waals surface area contributed by atoms with Gasteiger partial charge in [0.25, 0.3) is 6.29 Å². The van der Waals surface area contributed by atoms with Crippen molar-refractivity contribution in [1.82, 2.24) is 0 Å². The van der Waals surface area contributed by atoms with Crippen LogP contribution >= 0.6 is 0 Å². The fraction of sp³-hybridized carbons (Fsp3) is 0.250. The maximum Gasteiger partial charge on any atom is 0.305 e. The molecule has 0 aliphatic rings. The third kappa shape index (κ3) is 5.81. The third-order valence-corrected chi connectivity index (χ3v) is 10.6. The summed E-state index contributed by atoms with van der Waals surface area (Å²) in [6.45, 7) is 5.80. The van der Waals surface area contributed by atoms with Gasteiger partial charge in [-0.2, -0.15) is 0 Å². The number of allylic oxidation sites excluding steroid dienone is 2. The number of esters is 2. The van der Waals surface area contributed by atoms with E-state index in [0.717, 1.165) is 19.9 Å². The van der Waals surface area contributed by atoms with Crippen molar-refractivity contribution in [3.8, 4) is 0 Å². The normalized spacial score (nSPS) is 12.4. The molecule has 0 fully saturated rings. The molecule has 2 rings (SSSR count). The Morgan fingerprint density at radius 2 is 1.24 bits per heavy atom. The van der Waals surface area contributed by atoms with Crippen LogP contribution < -0.4 is 0 Å². The van der Waals surface area contributed by atoms with E-state index in [4.69, 9.17) is 9.47 Å². The summed E-state index contributed by atoms with van der Waals surface area (Å²) < 4.78 is 62.9. The molecular formula is C24H26O8S2. The Hall–Kier alpha value is -3.24. The van der Waals surface area contributed by atoms with Gasteiger partial charge in [-0.15, -0.1) is 6.58 Å². The van der Waals surface area contributed by atoms with Crippen LogP contribution in [0.2, 0.25) is 0 Å². The average molecular weight is 507 g/mol. The van der Waals surface area contributed by atoms with Crippen LogP contribution in [-0.2, 0) is 38.7 Å². The fourth-order valence-electron chi connectivity index (χ4n) is 3.30. The second kappa shape index (κ2) is 11.3. The Kier molecular flexibility index (Phi) is 8.94. The summed E-state index contributed by atoms with van der Waals surface area (Å²) in [6.07, 6.45) is 1.15. The van der Waals surface area contributed by atoms with Gasteiger partial charge in [-0.05, 0) is 36.8 Å². The number of hydrogen-bond donors (Lipinski definition) is 0. The van der Waals surface area contributed by atoms with Gasteiger partial charge in [0.1, 0.15) is 0 Å². The highest BCUT2D eigenvalue weighted by atomic mass is 32.3. The number of carbonyl (C=O) groups is 2. The average Bonchev–Trinajstić information content (AvgIpc) is 2.78. The van der Waals surface area contributed by atoms with E-state index in [9.17, 15) is 26.4 Å². The Labute approximate surface area is 199 Å². The lowest BCUT2D eigenvalue weighted by molar-refractivity contribution is -0.176. The Balaban J connectivity index is 2.71. The molecule has 2 aromatic rings. The van der Waals surface area contributed by atoms with Crippen LogP contribution in [0.15, 0.2) is 95.3 Å². The largest absolute Gasteiger partial charge is 0.421 e. The highest BCUT2D eigenvalue weighted by molar-refractivity contribution is 8.10. The number of benzene rings is 2. The molecular weight excluding hydrogens is 480 g/mol. The van der Waals surface area contributed by atoms with Crippen molar-refractivity contribution < 1.29 is 35.9 Å². The second-order valence-corrected chi connectivity index (χ2v) is 12.0. The molecule has 0 amide bonds. The molecule has 0 N–H and O–H groups in total. The summed E-state index contributed by atoms with van der Waals surface area (Å²) in [5.74, 6) is -1.50. The van der Waals surface area contributed by atoms with Gasteiger partial charge in [-0.3, -0.25) is 9.59 Å². The van der Waals surface area contributed by atoms with Gasteiger partial charge in [0, 0.05) is 20.3 Å².